The molecule has 0 aliphatic heterocycles. The van der Waals surface area contributed by atoms with E-state index in [1.807, 2.05) is 6.92 Å². The van der Waals surface area contributed by atoms with Crippen molar-refractivity contribution in [1.82, 2.24) is 5.32 Å². The van der Waals surface area contributed by atoms with E-state index >= 15 is 0 Å². The summed E-state index contributed by atoms with van der Waals surface area (Å²) in [5.41, 5.74) is 1.33. The number of rotatable bonds is 4. The normalized spacial score (nSPS) is 10.0. The number of para-hydroxylation sites is 1. The largest absolute Gasteiger partial charge is 0.352 e. The fourth-order valence-electron chi connectivity index (χ4n) is 1.87. The number of carbonyl (C=O) groups excluding carboxylic acids is 2. The lowest BCUT2D eigenvalue weighted by Crippen LogP contribution is -2.24. The zero-order valence-corrected chi connectivity index (χ0v) is 12.3. The maximum atomic E-state index is 12.2. The Labute approximate surface area is 128 Å². The quantitative estimate of drug-likeness (QED) is 0.910. The van der Waals surface area contributed by atoms with Gasteiger partial charge in [0.1, 0.15) is 0 Å². The van der Waals surface area contributed by atoms with E-state index in [0.717, 1.165) is 0 Å². The highest BCUT2D eigenvalue weighted by atomic mass is 35.5. The van der Waals surface area contributed by atoms with Crippen molar-refractivity contribution in [2.24, 2.45) is 0 Å². The summed E-state index contributed by atoms with van der Waals surface area (Å²) in [6, 6.07) is 13.5. The fraction of sp³-hybridized carbons (Fsp3) is 0.125. The molecule has 0 unspecified atom stereocenters. The second-order valence-corrected chi connectivity index (χ2v) is 4.81. The number of benzene rings is 2. The summed E-state index contributed by atoms with van der Waals surface area (Å²) in [4.78, 5) is 24.2. The average Bonchev–Trinajstić information content (AvgIpc) is 2.48. The Morgan fingerprint density at radius 3 is 2.52 bits per heavy atom. The highest BCUT2D eigenvalue weighted by Crippen LogP contribution is 2.17. The van der Waals surface area contributed by atoms with Gasteiger partial charge in [0.25, 0.3) is 11.8 Å². The average molecular weight is 303 g/mol. The summed E-state index contributed by atoms with van der Waals surface area (Å²) in [6.45, 7) is 2.36. The molecular weight excluding hydrogens is 288 g/mol. The molecule has 2 aromatic carbocycles. The van der Waals surface area contributed by atoms with E-state index in [0.29, 0.717) is 28.4 Å². The van der Waals surface area contributed by atoms with E-state index in [1.54, 1.807) is 48.5 Å². The van der Waals surface area contributed by atoms with Crippen molar-refractivity contribution in [3.8, 4) is 0 Å². The van der Waals surface area contributed by atoms with Gasteiger partial charge in [-0.25, -0.2) is 0 Å². The van der Waals surface area contributed by atoms with E-state index in [1.165, 1.54) is 0 Å². The van der Waals surface area contributed by atoms with Crippen LogP contribution in [0.3, 0.4) is 0 Å². The Morgan fingerprint density at radius 1 is 1.05 bits per heavy atom. The van der Waals surface area contributed by atoms with Crippen LogP contribution in [0, 0.1) is 0 Å². The third-order valence-electron chi connectivity index (χ3n) is 2.84. The van der Waals surface area contributed by atoms with Gasteiger partial charge < -0.3 is 10.6 Å². The summed E-state index contributed by atoms with van der Waals surface area (Å²) in [7, 11) is 0. The number of hydrogen-bond donors (Lipinski definition) is 2. The summed E-state index contributed by atoms with van der Waals surface area (Å²) in [5.74, 6) is -0.534. The Balaban J connectivity index is 2.23. The Morgan fingerprint density at radius 2 is 1.81 bits per heavy atom. The molecule has 2 N–H and O–H groups in total. The molecule has 5 heteroatoms. The van der Waals surface area contributed by atoms with Crippen molar-refractivity contribution < 1.29 is 9.59 Å². The molecule has 2 aromatic rings. The minimum Gasteiger partial charge on any atom is -0.352 e. The van der Waals surface area contributed by atoms with Crippen molar-refractivity contribution >= 4 is 29.1 Å². The lowest BCUT2D eigenvalue weighted by Gasteiger charge is -2.11. The van der Waals surface area contributed by atoms with Crippen LogP contribution in [0.1, 0.15) is 27.6 Å². The second-order valence-electron chi connectivity index (χ2n) is 4.37. The van der Waals surface area contributed by atoms with Gasteiger partial charge in [-0.3, -0.25) is 9.59 Å². The van der Waals surface area contributed by atoms with Crippen LogP contribution in [-0.4, -0.2) is 18.4 Å². The molecule has 0 aliphatic rings. The highest BCUT2D eigenvalue weighted by molar-refractivity contribution is 6.31. The predicted molar refractivity (Wildman–Crippen MR) is 83.9 cm³/mol. The first-order chi connectivity index (χ1) is 10.1. The van der Waals surface area contributed by atoms with E-state index in [-0.39, 0.29) is 11.8 Å². The number of hydrogen-bond acceptors (Lipinski definition) is 2. The highest BCUT2D eigenvalue weighted by Gasteiger charge is 2.13. The lowest BCUT2D eigenvalue weighted by molar-refractivity contribution is 0.0956. The molecule has 0 aromatic heterocycles. The monoisotopic (exact) mass is 302 g/mol. The van der Waals surface area contributed by atoms with E-state index < -0.39 is 0 Å². The van der Waals surface area contributed by atoms with Gasteiger partial charge >= 0.3 is 0 Å². The molecule has 108 valence electrons. The molecule has 0 bridgehead atoms. The van der Waals surface area contributed by atoms with E-state index in [9.17, 15) is 9.59 Å². The molecule has 4 nitrogen and oxygen atoms in total. The van der Waals surface area contributed by atoms with Gasteiger partial charge in [0.05, 0.1) is 11.3 Å². The first kappa shape index (κ1) is 15.1. The molecule has 0 radical (unpaired) electrons. The van der Waals surface area contributed by atoms with Crippen molar-refractivity contribution in [3.63, 3.8) is 0 Å². The van der Waals surface area contributed by atoms with Gasteiger partial charge in [-0.1, -0.05) is 29.8 Å². The molecule has 21 heavy (non-hydrogen) atoms. The third kappa shape index (κ3) is 3.83. The Kier molecular flexibility index (Phi) is 4.95. The molecular formula is C16H15ClN2O2. The van der Waals surface area contributed by atoms with Crippen LogP contribution >= 0.6 is 11.6 Å². The van der Waals surface area contributed by atoms with Crippen molar-refractivity contribution in [3.05, 3.63) is 64.7 Å². The minimum absolute atomic E-state index is 0.223. The minimum atomic E-state index is -0.311. The number of halogens is 1. The second kappa shape index (κ2) is 6.90. The first-order valence-electron chi connectivity index (χ1n) is 6.56. The third-order valence-corrected chi connectivity index (χ3v) is 3.08. The van der Waals surface area contributed by atoms with Gasteiger partial charge in [-0.15, -0.1) is 0 Å². The molecule has 0 atom stereocenters. The zero-order chi connectivity index (χ0) is 15.2. The Hall–Kier alpha value is -2.33. The topological polar surface area (TPSA) is 58.2 Å². The van der Waals surface area contributed by atoms with Crippen LogP contribution in [-0.2, 0) is 0 Å². The standard InChI is InChI=1S/C16H15ClN2O2/c1-2-18-16(21)13-8-3-4-9-14(13)19-15(20)11-6-5-7-12(17)10-11/h3-10H,2H2,1H3,(H,18,21)(H,19,20). The van der Waals surface area contributed by atoms with Crippen molar-refractivity contribution in [1.29, 1.82) is 0 Å². The van der Waals surface area contributed by atoms with Crippen LogP contribution < -0.4 is 10.6 Å². The smallest absolute Gasteiger partial charge is 0.255 e. The lowest BCUT2D eigenvalue weighted by atomic mass is 10.1. The van der Waals surface area contributed by atoms with Crippen molar-refractivity contribution in [2.75, 3.05) is 11.9 Å². The molecule has 0 saturated heterocycles. The van der Waals surface area contributed by atoms with Gasteiger partial charge in [0.15, 0.2) is 0 Å². The van der Waals surface area contributed by atoms with Gasteiger partial charge in [0, 0.05) is 17.1 Å². The zero-order valence-electron chi connectivity index (χ0n) is 11.5. The molecule has 0 saturated carbocycles. The van der Waals surface area contributed by atoms with Gasteiger partial charge in [0.2, 0.25) is 0 Å². The first-order valence-corrected chi connectivity index (χ1v) is 6.93. The predicted octanol–water partition coefficient (Wildman–Crippen LogP) is 3.34. The number of anilines is 1. The number of carbonyl (C=O) groups is 2. The summed E-state index contributed by atoms with van der Waals surface area (Å²) in [6.07, 6.45) is 0. The summed E-state index contributed by atoms with van der Waals surface area (Å²) >= 11 is 5.87. The molecule has 0 aliphatic carbocycles. The van der Waals surface area contributed by atoms with Crippen LogP contribution in [0.25, 0.3) is 0 Å². The van der Waals surface area contributed by atoms with Crippen LogP contribution in [0.15, 0.2) is 48.5 Å². The molecule has 2 rings (SSSR count). The summed E-state index contributed by atoms with van der Waals surface area (Å²) < 4.78 is 0. The maximum Gasteiger partial charge on any atom is 0.255 e. The molecule has 0 fully saturated rings. The van der Waals surface area contributed by atoms with Gasteiger partial charge in [-0.05, 0) is 37.3 Å². The van der Waals surface area contributed by atoms with E-state index in [2.05, 4.69) is 10.6 Å². The SMILES string of the molecule is CCNC(=O)c1ccccc1NC(=O)c1cccc(Cl)c1. The fourth-order valence-corrected chi connectivity index (χ4v) is 2.06. The van der Waals surface area contributed by atoms with Gasteiger partial charge in [-0.2, -0.15) is 0 Å². The molecule has 0 heterocycles. The Bertz CT molecular complexity index is 671. The number of nitrogens with one attached hydrogen (secondary N) is 2. The van der Waals surface area contributed by atoms with Crippen molar-refractivity contribution in [2.45, 2.75) is 6.92 Å². The summed E-state index contributed by atoms with van der Waals surface area (Å²) in [5, 5.41) is 5.93. The number of amides is 2. The van der Waals surface area contributed by atoms with Crippen LogP contribution in [0.5, 0.6) is 0 Å². The van der Waals surface area contributed by atoms with Crippen LogP contribution in [0.2, 0.25) is 5.02 Å². The van der Waals surface area contributed by atoms with Crippen LogP contribution in [0.4, 0.5) is 5.69 Å². The molecule has 0 spiro atoms. The van der Waals surface area contributed by atoms with E-state index in [4.69, 9.17) is 11.6 Å². The maximum absolute atomic E-state index is 12.2. The molecule has 2 amide bonds.